The smallest absolute Gasteiger partial charge is 0.222 e. The molecule has 0 radical (unpaired) electrons. The number of nitrogens with one attached hydrogen (secondary N) is 1. The van der Waals surface area contributed by atoms with Gasteiger partial charge in [0.2, 0.25) is 5.95 Å². The van der Waals surface area contributed by atoms with E-state index in [0.717, 1.165) is 50.3 Å². The van der Waals surface area contributed by atoms with Crippen molar-refractivity contribution in [3.8, 4) is 5.75 Å². The second-order valence-corrected chi connectivity index (χ2v) is 7.25. The van der Waals surface area contributed by atoms with Crippen molar-refractivity contribution < 1.29 is 9.13 Å². The van der Waals surface area contributed by atoms with E-state index < -0.39 is 0 Å². The van der Waals surface area contributed by atoms with Gasteiger partial charge in [0.15, 0.2) is 0 Å². The SMILES string of the molecule is Fc1ccc2c(c1)CC[C@H](CN(CCNc1ncccn1)Cc1ccccc1)O2. The Bertz CT molecular complexity index is 907. The molecule has 1 aliphatic rings. The van der Waals surface area contributed by atoms with Gasteiger partial charge in [0.05, 0.1) is 0 Å². The summed E-state index contributed by atoms with van der Waals surface area (Å²) in [5.74, 6) is 1.24. The van der Waals surface area contributed by atoms with Crippen molar-refractivity contribution in [3.63, 3.8) is 0 Å². The van der Waals surface area contributed by atoms with Crippen molar-refractivity contribution in [2.45, 2.75) is 25.5 Å². The van der Waals surface area contributed by atoms with Crippen LogP contribution in [0.1, 0.15) is 17.5 Å². The van der Waals surface area contributed by atoms with Crippen LogP contribution in [0, 0.1) is 5.82 Å². The first-order chi connectivity index (χ1) is 14.3. The standard InChI is InChI=1S/C23H25FN4O/c24-20-8-10-22-19(15-20)7-9-21(29-22)17-28(16-18-5-2-1-3-6-18)14-13-27-23-25-11-4-12-26-23/h1-6,8,10-12,15,21H,7,9,13-14,16-17H2,(H,25,26,27)/t21-/m1/s1. The molecule has 0 unspecified atom stereocenters. The number of anilines is 1. The summed E-state index contributed by atoms with van der Waals surface area (Å²) in [6.45, 7) is 3.23. The van der Waals surface area contributed by atoms with Crippen LogP contribution < -0.4 is 10.1 Å². The van der Waals surface area contributed by atoms with Crippen LogP contribution >= 0.6 is 0 Å². The summed E-state index contributed by atoms with van der Waals surface area (Å²) >= 11 is 0. The molecule has 29 heavy (non-hydrogen) atoms. The quantitative estimate of drug-likeness (QED) is 0.630. The van der Waals surface area contributed by atoms with E-state index in [-0.39, 0.29) is 11.9 Å². The van der Waals surface area contributed by atoms with Gasteiger partial charge in [-0.1, -0.05) is 30.3 Å². The van der Waals surface area contributed by atoms with Crippen molar-refractivity contribution in [3.05, 3.63) is 83.9 Å². The van der Waals surface area contributed by atoms with E-state index in [4.69, 9.17) is 4.74 Å². The topological polar surface area (TPSA) is 50.3 Å². The Morgan fingerprint density at radius 3 is 2.72 bits per heavy atom. The molecule has 2 aromatic carbocycles. The number of aryl methyl sites for hydroxylation is 1. The average Bonchev–Trinajstić information content (AvgIpc) is 2.75. The number of nitrogens with zero attached hydrogens (tertiary/aromatic N) is 3. The van der Waals surface area contributed by atoms with Gasteiger partial charge in [0, 0.05) is 38.6 Å². The first-order valence-corrected chi connectivity index (χ1v) is 9.98. The number of benzene rings is 2. The zero-order valence-electron chi connectivity index (χ0n) is 16.3. The van der Waals surface area contributed by atoms with Crippen LogP contribution in [0.2, 0.25) is 0 Å². The third-order valence-corrected chi connectivity index (χ3v) is 5.04. The minimum atomic E-state index is -0.203. The van der Waals surface area contributed by atoms with Crippen LogP contribution in [-0.4, -0.2) is 40.6 Å². The third-order valence-electron chi connectivity index (χ3n) is 5.04. The molecular weight excluding hydrogens is 367 g/mol. The molecule has 0 fully saturated rings. The Labute approximate surface area is 170 Å². The highest BCUT2D eigenvalue weighted by atomic mass is 19.1. The molecule has 1 aliphatic heterocycles. The number of hydrogen-bond acceptors (Lipinski definition) is 5. The van der Waals surface area contributed by atoms with Gasteiger partial charge in [-0.05, 0) is 48.2 Å². The zero-order valence-corrected chi connectivity index (χ0v) is 16.3. The largest absolute Gasteiger partial charge is 0.489 e. The van der Waals surface area contributed by atoms with Crippen LogP contribution in [0.5, 0.6) is 5.75 Å². The summed E-state index contributed by atoms with van der Waals surface area (Å²) < 4.78 is 19.6. The van der Waals surface area contributed by atoms with Gasteiger partial charge in [-0.2, -0.15) is 0 Å². The predicted molar refractivity (Wildman–Crippen MR) is 111 cm³/mol. The molecule has 0 bridgehead atoms. The molecule has 3 aromatic rings. The summed E-state index contributed by atoms with van der Waals surface area (Å²) in [6.07, 6.45) is 5.27. The van der Waals surface area contributed by atoms with Crippen molar-refractivity contribution >= 4 is 5.95 Å². The fraction of sp³-hybridized carbons (Fsp3) is 0.304. The normalized spacial score (nSPS) is 15.6. The fourth-order valence-corrected chi connectivity index (χ4v) is 3.62. The van der Waals surface area contributed by atoms with Gasteiger partial charge in [-0.3, -0.25) is 4.90 Å². The molecule has 1 aromatic heterocycles. The highest BCUT2D eigenvalue weighted by Crippen LogP contribution is 2.28. The van der Waals surface area contributed by atoms with E-state index in [2.05, 4.69) is 44.5 Å². The molecule has 1 atom stereocenters. The zero-order chi connectivity index (χ0) is 19.9. The van der Waals surface area contributed by atoms with Crippen LogP contribution in [0.3, 0.4) is 0 Å². The van der Waals surface area contributed by atoms with E-state index in [9.17, 15) is 4.39 Å². The number of halogens is 1. The van der Waals surface area contributed by atoms with Crippen molar-refractivity contribution in [2.75, 3.05) is 25.0 Å². The van der Waals surface area contributed by atoms with Gasteiger partial charge in [-0.15, -0.1) is 0 Å². The minimum Gasteiger partial charge on any atom is -0.489 e. The maximum Gasteiger partial charge on any atom is 0.222 e. The molecule has 2 heterocycles. The summed E-state index contributed by atoms with van der Waals surface area (Å²) in [6, 6.07) is 17.0. The number of aromatic nitrogens is 2. The summed E-state index contributed by atoms with van der Waals surface area (Å²) in [4.78, 5) is 10.8. The lowest BCUT2D eigenvalue weighted by atomic mass is 10.0. The van der Waals surface area contributed by atoms with Crippen molar-refractivity contribution in [2.24, 2.45) is 0 Å². The lowest BCUT2D eigenvalue weighted by Gasteiger charge is -2.31. The maximum absolute atomic E-state index is 13.4. The van der Waals surface area contributed by atoms with Crippen LogP contribution in [0.4, 0.5) is 10.3 Å². The Balaban J connectivity index is 1.38. The van der Waals surface area contributed by atoms with Crippen LogP contribution in [0.15, 0.2) is 67.0 Å². The number of rotatable bonds is 8. The molecule has 0 spiro atoms. The summed E-state index contributed by atoms with van der Waals surface area (Å²) in [5.41, 5.74) is 2.22. The molecule has 0 amide bonds. The molecule has 1 N–H and O–H groups in total. The van der Waals surface area contributed by atoms with E-state index in [1.807, 2.05) is 6.07 Å². The van der Waals surface area contributed by atoms with Crippen LogP contribution in [0.25, 0.3) is 0 Å². The number of fused-ring (bicyclic) bond motifs is 1. The van der Waals surface area contributed by atoms with Gasteiger partial charge in [0.1, 0.15) is 17.7 Å². The Kier molecular flexibility index (Phi) is 6.32. The predicted octanol–water partition coefficient (Wildman–Crippen LogP) is 3.92. The van der Waals surface area contributed by atoms with Crippen molar-refractivity contribution in [1.29, 1.82) is 0 Å². The van der Waals surface area contributed by atoms with Gasteiger partial charge in [-0.25, -0.2) is 14.4 Å². The molecule has 0 saturated carbocycles. The minimum absolute atomic E-state index is 0.0876. The van der Waals surface area contributed by atoms with Gasteiger partial charge in [0.25, 0.3) is 0 Å². The fourth-order valence-electron chi connectivity index (χ4n) is 3.62. The molecule has 0 aliphatic carbocycles. The van der Waals surface area contributed by atoms with Gasteiger partial charge < -0.3 is 10.1 Å². The van der Waals surface area contributed by atoms with Gasteiger partial charge >= 0.3 is 0 Å². The molecule has 6 heteroatoms. The first kappa shape index (κ1) is 19.3. The Hall–Kier alpha value is -2.99. The monoisotopic (exact) mass is 392 g/mol. The van der Waals surface area contributed by atoms with Crippen LogP contribution in [-0.2, 0) is 13.0 Å². The Morgan fingerprint density at radius 1 is 1.07 bits per heavy atom. The lowest BCUT2D eigenvalue weighted by Crippen LogP contribution is -2.39. The van der Waals surface area contributed by atoms with E-state index in [1.165, 1.54) is 11.6 Å². The molecule has 4 rings (SSSR count). The number of ether oxygens (including phenoxy) is 1. The lowest BCUT2D eigenvalue weighted by molar-refractivity contribution is 0.112. The van der Waals surface area contributed by atoms with E-state index in [0.29, 0.717) is 5.95 Å². The average molecular weight is 392 g/mol. The van der Waals surface area contributed by atoms with Crippen molar-refractivity contribution in [1.82, 2.24) is 14.9 Å². The first-order valence-electron chi connectivity index (χ1n) is 9.98. The summed E-state index contributed by atoms with van der Waals surface area (Å²) in [5, 5.41) is 3.27. The maximum atomic E-state index is 13.4. The van der Waals surface area contributed by atoms with E-state index >= 15 is 0 Å². The highest BCUT2D eigenvalue weighted by molar-refractivity contribution is 5.35. The number of hydrogen-bond donors (Lipinski definition) is 1. The Morgan fingerprint density at radius 2 is 1.90 bits per heavy atom. The summed E-state index contributed by atoms with van der Waals surface area (Å²) in [7, 11) is 0. The molecule has 150 valence electrons. The second kappa shape index (κ2) is 9.47. The second-order valence-electron chi connectivity index (χ2n) is 7.25. The molecular formula is C23H25FN4O. The molecule has 5 nitrogen and oxygen atoms in total. The highest BCUT2D eigenvalue weighted by Gasteiger charge is 2.22. The third kappa shape index (κ3) is 5.51. The van der Waals surface area contributed by atoms with E-state index in [1.54, 1.807) is 30.6 Å². The molecule has 0 saturated heterocycles.